The van der Waals surface area contributed by atoms with Gasteiger partial charge in [-0.15, -0.1) is 0 Å². The maximum Gasteiger partial charge on any atom is 0.175 e. The number of ether oxygens (including phenoxy) is 2. The van der Waals surface area contributed by atoms with Gasteiger partial charge in [0.1, 0.15) is 5.84 Å². The van der Waals surface area contributed by atoms with Gasteiger partial charge < -0.3 is 14.8 Å². The van der Waals surface area contributed by atoms with Gasteiger partial charge in [0.15, 0.2) is 11.5 Å². The lowest BCUT2D eigenvalue weighted by atomic mass is 10.2. The van der Waals surface area contributed by atoms with Crippen molar-refractivity contribution >= 4 is 21.8 Å². The van der Waals surface area contributed by atoms with E-state index in [-0.39, 0.29) is 0 Å². The van der Waals surface area contributed by atoms with Crippen LogP contribution in [0.5, 0.6) is 11.5 Å². The standard InChI is InChI=1S/C12H15BrN2O2/c1-7-6-14-12(15-7)8-4-5-9(16-2)11(17-3)10(8)13/h4-5,7H,6H2,1-3H3,(H,14,15). The first kappa shape index (κ1) is 12.2. The van der Waals surface area contributed by atoms with Crippen molar-refractivity contribution in [3.63, 3.8) is 0 Å². The van der Waals surface area contributed by atoms with E-state index in [1.165, 1.54) is 0 Å². The second-order valence-corrected chi connectivity index (χ2v) is 4.69. The normalized spacial score (nSPS) is 18.6. The Labute approximate surface area is 109 Å². The average Bonchev–Trinajstić information content (AvgIpc) is 2.75. The summed E-state index contributed by atoms with van der Waals surface area (Å²) in [5.41, 5.74) is 0.993. The molecule has 0 radical (unpaired) electrons. The van der Waals surface area contributed by atoms with E-state index < -0.39 is 0 Å². The monoisotopic (exact) mass is 298 g/mol. The zero-order valence-electron chi connectivity index (χ0n) is 10.1. The van der Waals surface area contributed by atoms with Crippen molar-refractivity contribution < 1.29 is 9.47 Å². The van der Waals surface area contributed by atoms with Crippen LogP contribution in [0.4, 0.5) is 0 Å². The minimum Gasteiger partial charge on any atom is -0.493 e. The number of methoxy groups -OCH3 is 2. The molecular weight excluding hydrogens is 284 g/mol. The summed E-state index contributed by atoms with van der Waals surface area (Å²) >= 11 is 3.54. The molecule has 0 amide bonds. The summed E-state index contributed by atoms with van der Waals surface area (Å²) in [6, 6.07) is 4.23. The smallest absolute Gasteiger partial charge is 0.175 e. The second kappa shape index (κ2) is 4.96. The predicted molar refractivity (Wildman–Crippen MR) is 71.2 cm³/mol. The number of hydrogen-bond acceptors (Lipinski definition) is 4. The van der Waals surface area contributed by atoms with Gasteiger partial charge in [-0.2, -0.15) is 0 Å². The molecule has 0 saturated carbocycles. The SMILES string of the molecule is COc1ccc(C2=NCC(C)N2)c(Br)c1OC. The maximum atomic E-state index is 5.34. The summed E-state index contributed by atoms with van der Waals surface area (Å²) in [6.45, 7) is 2.90. The molecule has 2 rings (SSSR count). The van der Waals surface area contributed by atoms with Crippen LogP contribution in [0.1, 0.15) is 12.5 Å². The Bertz CT molecular complexity index is 460. The van der Waals surface area contributed by atoms with Gasteiger partial charge in [-0.25, -0.2) is 0 Å². The molecule has 0 saturated heterocycles. The molecule has 1 aromatic rings. The summed E-state index contributed by atoms with van der Waals surface area (Å²) < 4.78 is 11.4. The second-order valence-electron chi connectivity index (χ2n) is 3.90. The number of nitrogens with one attached hydrogen (secondary N) is 1. The largest absolute Gasteiger partial charge is 0.493 e. The molecule has 1 heterocycles. The van der Waals surface area contributed by atoms with Crippen LogP contribution in [0.3, 0.4) is 0 Å². The van der Waals surface area contributed by atoms with Gasteiger partial charge >= 0.3 is 0 Å². The van der Waals surface area contributed by atoms with Crippen LogP contribution in [0.2, 0.25) is 0 Å². The van der Waals surface area contributed by atoms with Gasteiger partial charge in [-0.1, -0.05) is 0 Å². The first-order chi connectivity index (χ1) is 8.17. The van der Waals surface area contributed by atoms with Gasteiger partial charge in [-0.3, -0.25) is 4.99 Å². The zero-order chi connectivity index (χ0) is 12.4. The van der Waals surface area contributed by atoms with E-state index in [0.717, 1.165) is 22.4 Å². The molecule has 1 atom stereocenters. The van der Waals surface area contributed by atoms with Gasteiger partial charge in [-0.05, 0) is 35.0 Å². The van der Waals surface area contributed by atoms with Crippen molar-refractivity contribution in [1.29, 1.82) is 0 Å². The predicted octanol–water partition coefficient (Wildman–Crippen LogP) is 2.20. The molecule has 0 aliphatic carbocycles. The number of amidine groups is 1. The van der Waals surface area contributed by atoms with Gasteiger partial charge in [0.05, 0.1) is 25.2 Å². The number of benzene rings is 1. The highest BCUT2D eigenvalue weighted by Gasteiger charge is 2.20. The molecule has 1 unspecified atom stereocenters. The van der Waals surface area contributed by atoms with Crippen molar-refractivity contribution in [2.45, 2.75) is 13.0 Å². The minimum atomic E-state index is 0.380. The Morgan fingerprint density at radius 2 is 2.12 bits per heavy atom. The molecule has 0 bridgehead atoms. The lowest BCUT2D eigenvalue weighted by molar-refractivity contribution is 0.353. The molecule has 5 heteroatoms. The van der Waals surface area contributed by atoms with Crippen molar-refractivity contribution in [2.24, 2.45) is 4.99 Å². The average molecular weight is 299 g/mol. The summed E-state index contributed by atoms with van der Waals surface area (Å²) in [6.07, 6.45) is 0. The summed E-state index contributed by atoms with van der Waals surface area (Å²) in [7, 11) is 3.25. The fraction of sp³-hybridized carbons (Fsp3) is 0.417. The van der Waals surface area contributed by atoms with E-state index in [1.54, 1.807) is 14.2 Å². The Kier molecular flexibility index (Phi) is 3.57. The van der Waals surface area contributed by atoms with E-state index in [1.807, 2.05) is 12.1 Å². The number of aliphatic imine (C=N–C) groups is 1. The number of nitrogens with zero attached hydrogens (tertiary/aromatic N) is 1. The lowest BCUT2D eigenvalue weighted by Crippen LogP contribution is -2.28. The van der Waals surface area contributed by atoms with Crippen LogP contribution in [-0.4, -0.2) is 32.6 Å². The fourth-order valence-electron chi connectivity index (χ4n) is 1.79. The molecule has 1 aliphatic heterocycles. The maximum absolute atomic E-state index is 5.34. The molecular formula is C12H15BrN2O2. The number of halogens is 1. The Morgan fingerprint density at radius 3 is 2.65 bits per heavy atom. The fourth-order valence-corrected chi connectivity index (χ4v) is 2.47. The molecule has 1 N–H and O–H groups in total. The van der Waals surface area contributed by atoms with Crippen LogP contribution in [0.25, 0.3) is 0 Å². The summed E-state index contributed by atoms with van der Waals surface area (Å²) in [5.74, 6) is 2.29. The summed E-state index contributed by atoms with van der Waals surface area (Å²) in [4.78, 5) is 4.46. The molecule has 0 fully saturated rings. The third kappa shape index (κ3) is 2.24. The van der Waals surface area contributed by atoms with Crippen LogP contribution in [0.15, 0.2) is 21.6 Å². The third-order valence-corrected chi connectivity index (χ3v) is 3.43. The molecule has 1 aromatic carbocycles. The zero-order valence-corrected chi connectivity index (χ0v) is 11.7. The first-order valence-electron chi connectivity index (χ1n) is 5.39. The van der Waals surface area contributed by atoms with Gasteiger partial charge in [0.2, 0.25) is 0 Å². The highest BCUT2D eigenvalue weighted by atomic mass is 79.9. The summed E-state index contributed by atoms with van der Waals surface area (Å²) in [5, 5.41) is 3.32. The lowest BCUT2D eigenvalue weighted by Gasteiger charge is -2.13. The quantitative estimate of drug-likeness (QED) is 0.930. The number of hydrogen-bond donors (Lipinski definition) is 1. The molecule has 0 spiro atoms. The third-order valence-electron chi connectivity index (χ3n) is 2.65. The molecule has 1 aliphatic rings. The molecule has 4 nitrogen and oxygen atoms in total. The minimum absolute atomic E-state index is 0.380. The Morgan fingerprint density at radius 1 is 1.35 bits per heavy atom. The molecule has 17 heavy (non-hydrogen) atoms. The van der Waals surface area contributed by atoms with E-state index in [4.69, 9.17) is 9.47 Å². The van der Waals surface area contributed by atoms with Crippen LogP contribution in [-0.2, 0) is 0 Å². The molecule has 92 valence electrons. The van der Waals surface area contributed by atoms with Crippen molar-refractivity contribution in [1.82, 2.24) is 5.32 Å². The van der Waals surface area contributed by atoms with E-state index >= 15 is 0 Å². The van der Waals surface area contributed by atoms with Crippen LogP contribution in [0, 0.1) is 0 Å². The van der Waals surface area contributed by atoms with Gasteiger partial charge in [0.25, 0.3) is 0 Å². The van der Waals surface area contributed by atoms with Gasteiger partial charge in [0, 0.05) is 11.6 Å². The van der Waals surface area contributed by atoms with Crippen molar-refractivity contribution in [2.75, 3.05) is 20.8 Å². The highest BCUT2D eigenvalue weighted by molar-refractivity contribution is 9.10. The van der Waals surface area contributed by atoms with Crippen LogP contribution < -0.4 is 14.8 Å². The highest BCUT2D eigenvalue weighted by Crippen LogP contribution is 2.37. The van der Waals surface area contributed by atoms with Crippen LogP contribution >= 0.6 is 15.9 Å². The van der Waals surface area contributed by atoms with E-state index in [0.29, 0.717) is 17.5 Å². The van der Waals surface area contributed by atoms with Crippen molar-refractivity contribution in [3.8, 4) is 11.5 Å². The van der Waals surface area contributed by atoms with Crippen molar-refractivity contribution in [3.05, 3.63) is 22.2 Å². The first-order valence-corrected chi connectivity index (χ1v) is 6.18. The Balaban J connectivity index is 2.43. The van der Waals surface area contributed by atoms with E-state index in [9.17, 15) is 0 Å². The topological polar surface area (TPSA) is 42.8 Å². The Hall–Kier alpha value is -1.23. The van der Waals surface area contributed by atoms with E-state index in [2.05, 4.69) is 33.2 Å². The number of rotatable bonds is 3. The molecule has 0 aromatic heterocycles.